The summed E-state index contributed by atoms with van der Waals surface area (Å²) >= 11 is 0. The van der Waals surface area contributed by atoms with Crippen LogP contribution in [0.3, 0.4) is 0 Å². The topological polar surface area (TPSA) is 104 Å². The standard InChI is InChI=1S/C24H23N5O3/c30-22(15-25-24(31)20-14-21(32-28-20)16-6-2-1-3-7-16)29-12-10-17(11-13-29)23-26-18-8-4-5-9-19(18)27-23/h1-9,14,17H,10-13,15H2,(H,25,31)(H,26,27). The van der Waals surface area contributed by atoms with Gasteiger partial charge >= 0.3 is 0 Å². The van der Waals surface area contributed by atoms with Crippen LogP contribution in [0.1, 0.15) is 35.1 Å². The number of amides is 2. The predicted molar refractivity (Wildman–Crippen MR) is 119 cm³/mol. The molecule has 1 aliphatic heterocycles. The number of H-pyrrole nitrogens is 1. The van der Waals surface area contributed by atoms with Crippen molar-refractivity contribution in [2.75, 3.05) is 19.6 Å². The maximum Gasteiger partial charge on any atom is 0.273 e. The zero-order valence-electron chi connectivity index (χ0n) is 17.5. The first-order valence-corrected chi connectivity index (χ1v) is 10.7. The Morgan fingerprint density at radius 3 is 2.59 bits per heavy atom. The van der Waals surface area contributed by atoms with Gasteiger partial charge in [0, 0.05) is 30.6 Å². The number of carbonyl (C=O) groups is 2. The van der Waals surface area contributed by atoms with Crippen molar-refractivity contribution >= 4 is 22.8 Å². The highest BCUT2D eigenvalue weighted by atomic mass is 16.5. The number of aromatic nitrogens is 3. The number of likely N-dealkylation sites (tertiary alicyclic amines) is 1. The number of nitrogens with one attached hydrogen (secondary N) is 2. The summed E-state index contributed by atoms with van der Waals surface area (Å²) in [5.41, 5.74) is 2.99. The normalized spacial score (nSPS) is 14.6. The second kappa shape index (κ2) is 8.66. The molecule has 1 fully saturated rings. The molecular weight excluding hydrogens is 406 g/mol. The van der Waals surface area contributed by atoms with Gasteiger partial charge in [0.15, 0.2) is 11.5 Å². The van der Waals surface area contributed by atoms with E-state index in [-0.39, 0.29) is 18.1 Å². The molecule has 1 aliphatic rings. The van der Waals surface area contributed by atoms with Gasteiger partial charge in [-0.3, -0.25) is 9.59 Å². The van der Waals surface area contributed by atoms with Gasteiger partial charge in [0.25, 0.3) is 5.91 Å². The van der Waals surface area contributed by atoms with E-state index in [4.69, 9.17) is 9.51 Å². The molecule has 2 aromatic carbocycles. The molecule has 2 amide bonds. The Kier molecular flexibility index (Phi) is 5.41. The number of aromatic amines is 1. The fraction of sp³-hybridized carbons (Fsp3) is 0.250. The summed E-state index contributed by atoms with van der Waals surface area (Å²) in [6.45, 7) is 1.21. The van der Waals surface area contributed by atoms with Crippen LogP contribution in [-0.4, -0.2) is 51.5 Å². The van der Waals surface area contributed by atoms with Crippen LogP contribution < -0.4 is 5.32 Å². The minimum Gasteiger partial charge on any atom is -0.355 e. The van der Waals surface area contributed by atoms with Gasteiger partial charge in [-0.05, 0) is 25.0 Å². The number of fused-ring (bicyclic) bond motifs is 1. The number of hydrogen-bond donors (Lipinski definition) is 2. The maximum atomic E-state index is 12.6. The molecule has 3 heterocycles. The SMILES string of the molecule is O=C(NCC(=O)N1CCC(c2nc3ccccc3[nH]2)CC1)c1cc(-c2ccccc2)on1. The van der Waals surface area contributed by atoms with Crippen LogP contribution in [0.15, 0.2) is 65.2 Å². The summed E-state index contributed by atoms with van der Waals surface area (Å²) in [4.78, 5) is 34.8. The van der Waals surface area contributed by atoms with Crippen molar-refractivity contribution in [3.63, 3.8) is 0 Å². The van der Waals surface area contributed by atoms with Crippen molar-refractivity contribution in [2.45, 2.75) is 18.8 Å². The quantitative estimate of drug-likeness (QED) is 0.506. The molecular formula is C24H23N5O3. The van der Waals surface area contributed by atoms with Gasteiger partial charge in [-0.25, -0.2) is 4.98 Å². The first-order valence-electron chi connectivity index (χ1n) is 10.7. The average molecular weight is 429 g/mol. The molecule has 8 nitrogen and oxygen atoms in total. The number of carbonyl (C=O) groups excluding carboxylic acids is 2. The molecule has 0 saturated carbocycles. The van der Waals surface area contributed by atoms with E-state index in [0.717, 1.165) is 35.3 Å². The Morgan fingerprint density at radius 2 is 1.81 bits per heavy atom. The van der Waals surface area contributed by atoms with Crippen LogP contribution in [-0.2, 0) is 4.79 Å². The summed E-state index contributed by atoms with van der Waals surface area (Å²) < 4.78 is 5.26. The molecule has 0 radical (unpaired) electrons. The molecule has 0 atom stereocenters. The van der Waals surface area contributed by atoms with Gasteiger partial charge in [0.2, 0.25) is 5.91 Å². The van der Waals surface area contributed by atoms with Crippen molar-refractivity contribution in [2.24, 2.45) is 0 Å². The van der Waals surface area contributed by atoms with E-state index in [1.54, 1.807) is 11.0 Å². The molecule has 162 valence electrons. The van der Waals surface area contributed by atoms with Crippen LogP contribution >= 0.6 is 0 Å². The van der Waals surface area contributed by atoms with Crippen molar-refractivity contribution in [3.8, 4) is 11.3 Å². The fourth-order valence-corrected chi connectivity index (χ4v) is 4.05. The average Bonchev–Trinajstić information content (AvgIpc) is 3.51. The Hall–Kier alpha value is -3.94. The molecule has 0 spiro atoms. The molecule has 0 unspecified atom stereocenters. The van der Waals surface area contributed by atoms with Gasteiger partial charge in [-0.2, -0.15) is 0 Å². The van der Waals surface area contributed by atoms with E-state index in [9.17, 15) is 9.59 Å². The molecule has 32 heavy (non-hydrogen) atoms. The molecule has 2 N–H and O–H groups in total. The highest BCUT2D eigenvalue weighted by Crippen LogP contribution is 2.27. The lowest BCUT2D eigenvalue weighted by Gasteiger charge is -2.31. The molecule has 0 bridgehead atoms. The van der Waals surface area contributed by atoms with Gasteiger partial charge in [0.1, 0.15) is 5.82 Å². The Balaban J connectivity index is 1.13. The predicted octanol–water partition coefficient (Wildman–Crippen LogP) is 3.35. The van der Waals surface area contributed by atoms with Crippen molar-refractivity contribution < 1.29 is 14.1 Å². The maximum absolute atomic E-state index is 12.6. The van der Waals surface area contributed by atoms with Crippen LogP contribution in [0.2, 0.25) is 0 Å². The van der Waals surface area contributed by atoms with E-state index in [1.807, 2.05) is 54.6 Å². The van der Waals surface area contributed by atoms with Gasteiger partial charge in [-0.1, -0.05) is 47.6 Å². The number of para-hydroxylation sites is 2. The van der Waals surface area contributed by atoms with Crippen molar-refractivity contribution in [3.05, 3.63) is 72.2 Å². The third-order valence-corrected chi connectivity index (χ3v) is 5.84. The Bertz CT molecular complexity index is 1210. The molecule has 4 aromatic rings. The minimum atomic E-state index is -0.429. The van der Waals surface area contributed by atoms with E-state index >= 15 is 0 Å². The van der Waals surface area contributed by atoms with Gasteiger partial charge in [-0.15, -0.1) is 0 Å². The molecule has 1 saturated heterocycles. The van der Waals surface area contributed by atoms with E-state index < -0.39 is 5.91 Å². The summed E-state index contributed by atoms with van der Waals surface area (Å²) in [5.74, 6) is 1.25. The lowest BCUT2D eigenvalue weighted by molar-refractivity contribution is -0.131. The van der Waals surface area contributed by atoms with E-state index in [0.29, 0.717) is 24.8 Å². The number of hydrogen-bond acceptors (Lipinski definition) is 5. The van der Waals surface area contributed by atoms with Crippen LogP contribution in [0, 0.1) is 0 Å². The monoisotopic (exact) mass is 429 g/mol. The molecule has 8 heteroatoms. The summed E-state index contributed by atoms with van der Waals surface area (Å²) in [7, 11) is 0. The molecule has 5 rings (SSSR count). The fourth-order valence-electron chi connectivity index (χ4n) is 4.05. The number of benzene rings is 2. The first-order chi connectivity index (χ1) is 15.7. The minimum absolute atomic E-state index is 0.0678. The highest BCUT2D eigenvalue weighted by Gasteiger charge is 2.26. The van der Waals surface area contributed by atoms with Gasteiger partial charge in [0.05, 0.1) is 17.6 Å². The van der Waals surface area contributed by atoms with E-state index in [2.05, 4.69) is 15.5 Å². The van der Waals surface area contributed by atoms with Crippen LogP contribution in [0.4, 0.5) is 0 Å². The second-order valence-corrected chi connectivity index (χ2v) is 7.92. The summed E-state index contributed by atoms with van der Waals surface area (Å²) in [6.07, 6.45) is 1.67. The number of piperidine rings is 1. The second-order valence-electron chi connectivity index (χ2n) is 7.92. The van der Waals surface area contributed by atoms with Crippen molar-refractivity contribution in [1.82, 2.24) is 25.3 Å². The van der Waals surface area contributed by atoms with Crippen molar-refractivity contribution in [1.29, 1.82) is 0 Å². The van der Waals surface area contributed by atoms with Gasteiger partial charge < -0.3 is 19.7 Å². The largest absolute Gasteiger partial charge is 0.355 e. The van der Waals surface area contributed by atoms with Crippen LogP contribution in [0.5, 0.6) is 0 Å². The smallest absolute Gasteiger partial charge is 0.273 e. The van der Waals surface area contributed by atoms with Crippen LogP contribution in [0.25, 0.3) is 22.4 Å². The lowest BCUT2D eigenvalue weighted by atomic mass is 9.96. The Morgan fingerprint density at radius 1 is 1.06 bits per heavy atom. The lowest BCUT2D eigenvalue weighted by Crippen LogP contribution is -2.43. The zero-order chi connectivity index (χ0) is 21.9. The highest BCUT2D eigenvalue weighted by molar-refractivity contribution is 5.95. The number of rotatable bonds is 5. The summed E-state index contributed by atoms with van der Waals surface area (Å²) in [6, 6.07) is 19.0. The summed E-state index contributed by atoms with van der Waals surface area (Å²) in [5, 5.41) is 6.47. The number of nitrogens with zero attached hydrogens (tertiary/aromatic N) is 3. The third-order valence-electron chi connectivity index (χ3n) is 5.84. The molecule has 2 aromatic heterocycles. The first kappa shape index (κ1) is 20.0. The zero-order valence-corrected chi connectivity index (χ0v) is 17.5. The molecule has 0 aliphatic carbocycles. The number of imidazole rings is 1. The third kappa shape index (κ3) is 4.12. The van der Waals surface area contributed by atoms with E-state index in [1.165, 1.54) is 0 Å². The Labute approximate surface area is 184 Å².